The molecule has 18 heavy (non-hydrogen) atoms. The molecular weight excluding hydrogens is 232 g/mol. The van der Waals surface area contributed by atoms with Crippen LogP contribution in [0, 0.1) is 0 Å². The third kappa shape index (κ3) is 1.79. The Morgan fingerprint density at radius 1 is 1.17 bits per heavy atom. The number of amides is 1. The molecule has 90 valence electrons. The highest BCUT2D eigenvalue weighted by Gasteiger charge is 2.31. The highest BCUT2D eigenvalue weighted by atomic mass is 16.5. The standard InChI is InChI=1S/C13H10N2O3/c16-10-6-12(17)15(8-10)13-7-11(14-18-13)9-4-2-1-3-5-9/h1-5,7H,6,8H2. The van der Waals surface area contributed by atoms with Gasteiger partial charge < -0.3 is 4.52 Å². The summed E-state index contributed by atoms with van der Waals surface area (Å²) < 4.78 is 5.12. The molecule has 0 atom stereocenters. The molecule has 2 aromatic rings. The number of aromatic nitrogens is 1. The molecule has 0 spiro atoms. The number of hydrogen-bond donors (Lipinski definition) is 0. The molecule has 5 nitrogen and oxygen atoms in total. The monoisotopic (exact) mass is 242 g/mol. The molecule has 0 bridgehead atoms. The van der Waals surface area contributed by atoms with Crippen molar-refractivity contribution in [3.05, 3.63) is 36.4 Å². The smallest absolute Gasteiger partial charge is 0.237 e. The summed E-state index contributed by atoms with van der Waals surface area (Å²) in [6, 6.07) is 11.2. The summed E-state index contributed by atoms with van der Waals surface area (Å²) in [5, 5.41) is 3.91. The second-order valence-electron chi connectivity index (χ2n) is 4.11. The maximum atomic E-state index is 11.5. The number of benzene rings is 1. The molecule has 0 saturated carbocycles. The first-order valence-corrected chi connectivity index (χ1v) is 5.58. The molecule has 1 aliphatic rings. The fourth-order valence-corrected chi connectivity index (χ4v) is 1.92. The van der Waals surface area contributed by atoms with Crippen LogP contribution in [0.5, 0.6) is 0 Å². The van der Waals surface area contributed by atoms with Gasteiger partial charge in [-0.25, -0.2) is 0 Å². The number of hydrogen-bond acceptors (Lipinski definition) is 4. The Balaban J connectivity index is 1.91. The van der Waals surface area contributed by atoms with E-state index in [-0.39, 0.29) is 24.7 Å². The SMILES string of the molecule is O=C1CC(=O)N(c2cc(-c3ccccc3)no2)C1. The first-order valence-electron chi connectivity index (χ1n) is 5.58. The molecule has 1 amide bonds. The van der Waals surface area contributed by atoms with Gasteiger partial charge in [-0.3, -0.25) is 14.5 Å². The Hall–Kier alpha value is -2.43. The van der Waals surface area contributed by atoms with Gasteiger partial charge in [0.2, 0.25) is 11.8 Å². The van der Waals surface area contributed by atoms with E-state index < -0.39 is 0 Å². The van der Waals surface area contributed by atoms with Crippen LogP contribution in [0.25, 0.3) is 11.3 Å². The zero-order chi connectivity index (χ0) is 12.5. The van der Waals surface area contributed by atoms with Gasteiger partial charge in [0, 0.05) is 11.6 Å². The molecule has 1 saturated heterocycles. The van der Waals surface area contributed by atoms with E-state index in [1.165, 1.54) is 4.90 Å². The van der Waals surface area contributed by atoms with Crippen LogP contribution in [0.15, 0.2) is 40.9 Å². The quantitative estimate of drug-likeness (QED) is 0.751. The van der Waals surface area contributed by atoms with E-state index >= 15 is 0 Å². The number of carbonyl (C=O) groups is 2. The molecule has 1 fully saturated rings. The summed E-state index contributed by atoms with van der Waals surface area (Å²) in [4.78, 5) is 24.1. The summed E-state index contributed by atoms with van der Waals surface area (Å²) >= 11 is 0. The fourth-order valence-electron chi connectivity index (χ4n) is 1.92. The number of carbonyl (C=O) groups excluding carboxylic acids is 2. The van der Waals surface area contributed by atoms with Gasteiger partial charge in [-0.15, -0.1) is 0 Å². The minimum atomic E-state index is -0.240. The lowest BCUT2D eigenvalue weighted by Gasteiger charge is -2.07. The van der Waals surface area contributed by atoms with Crippen LogP contribution in [0.3, 0.4) is 0 Å². The Bertz CT molecular complexity index is 604. The Morgan fingerprint density at radius 2 is 1.94 bits per heavy atom. The van der Waals surface area contributed by atoms with E-state index in [4.69, 9.17) is 4.52 Å². The molecule has 1 aromatic heterocycles. The first kappa shape index (κ1) is 10.7. The molecular formula is C13H10N2O3. The fraction of sp³-hybridized carbons (Fsp3) is 0.154. The Morgan fingerprint density at radius 3 is 2.61 bits per heavy atom. The van der Waals surface area contributed by atoms with Crippen molar-refractivity contribution in [3.8, 4) is 11.3 Å². The Kier molecular flexibility index (Phi) is 2.44. The summed E-state index contributed by atoms with van der Waals surface area (Å²) in [6.07, 6.45) is -0.0542. The largest absolute Gasteiger partial charge is 0.338 e. The van der Waals surface area contributed by atoms with E-state index in [1.54, 1.807) is 6.07 Å². The zero-order valence-corrected chi connectivity index (χ0v) is 9.50. The van der Waals surface area contributed by atoms with Crippen molar-refractivity contribution in [3.63, 3.8) is 0 Å². The topological polar surface area (TPSA) is 63.4 Å². The van der Waals surface area contributed by atoms with E-state index in [2.05, 4.69) is 5.16 Å². The predicted octanol–water partition coefficient (Wildman–Crippen LogP) is 1.65. The van der Waals surface area contributed by atoms with Crippen LogP contribution in [0.2, 0.25) is 0 Å². The molecule has 0 unspecified atom stereocenters. The van der Waals surface area contributed by atoms with Gasteiger partial charge in [-0.2, -0.15) is 0 Å². The van der Waals surface area contributed by atoms with Gasteiger partial charge in [0.05, 0.1) is 13.0 Å². The molecule has 0 aliphatic carbocycles. The minimum absolute atomic E-state index is 0.0542. The molecule has 5 heteroatoms. The molecule has 3 rings (SSSR count). The van der Waals surface area contributed by atoms with Crippen molar-refractivity contribution in [2.24, 2.45) is 0 Å². The number of Topliss-reactive ketones (excluding diaryl/α,β-unsaturated/α-hetero) is 1. The summed E-state index contributed by atoms with van der Waals surface area (Å²) in [7, 11) is 0. The normalized spacial score (nSPS) is 15.4. The number of ketones is 1. The molecule has 0 N–H and O–H groups in total. The summed E-state index contributed by atoms with van der Waals surface area (Å²) in [5.74, 6) is -0.0156. The van der Waals surface area contributed by atoms with Gasteiger partial charge in [0.25, 0.3) is 0 Å². The predicted molar refractivity (Wildman–Crippen MR) is 63.9 cm³/mol. The maximum Gasteiger partial charge on any atom is 0.237 e. The van der Waals surface area contributed by atoms with Gasteiger partial charge in [-0.1, -0.05) is 35.5 Å². The lowest BCUT2D eigenvalue weighted by atomic mass is 10.1. The van der Waals surface area contributed by atoms with Gasteiger partial charge in [-0.05, 0) is 0 Å². The molecule has 1 aliphatic heterocycles. The van der Waals surface area contributed by atoms with Crippen molar-refractivity contribution in [2.75, 3.05) is 11.4 Å². The maximum absolute atomic E-state index is 11.5. The van der Waals surface area contributed by atoms with E-state index in [0.29, 0.717) is 11.6 Å². The van der Waals surface area contributed by atoms with Gasteiger partial charge in [0.1, 0.15) is 5.69 Å². The highest BCUT2D eigenvalue weighted by Crippen LogP contribution is 2.26. The number of anilines is 1. The lowest BCUT2D eigenvalue weighted by Crippen LogP contribution is -2.23. The van der Waals surface area contributed by atoms with Crippen molar-refractivity contribution in [1.82, 2.24) is 5.16 Å². The van der Waals surface area contributed by atoms with Crippen molar-refractivity contribution >= 4 is 17.6 Å². The number of nitrogens with zero attached hydrogens (tertiary/aromatic N) is 2. The van der Waals surface area contributed by atoms with Crippen molar-refractivity contribution in [2.45, 2.75) is 6.42 Å². The van der Waals surface area contributed by atoms with Gasteiger partial charge >= 0.3 is 0 Å². The van der Waals surface area contributed by atoms with E-state index in [9.17, 15) is 9.59 Å². The second-order valence-corrected chi connectivity index (χ2v) is 4.11. The van der Waals surface area contributed by atoms with Crippen LogP contribution < -0.4 is 4.90 Å². The van der Waals surface area contributed by atoms with E-state index in [0.717, 1.165) is 5.56 Å². The Labute approximate surface area is 103 Å². The van der Waals surface area contributed by atoms with Crippen LogP contribution in [0.4, 0.5) is 5.88 Å². The molecule has 2 heterocycles. The van der Waals surface area contributed by atoms with Crippen LogP contribution >= 0.6 is 0 Å². The number of rotatable bonds is 2. The van der Waals surface area contributed by atoms with Gasteiger partial charge in [0.15, 0.2) is 5.78 Å². The molecule has 1 aromatic carbocycles. The van der Waals surface area contributed by atoms with E-state index in [1.807, 2.05) is 30.3 Å². The van der Waals surface area contributed by atoms with Crippen molar-refractivity contribution < 1.29 is 14.1 Å². The first-order chi connectivity index (χ1) is 8.74. The van der Waals surface area contributed by atoms with Crippen molar-refractivity contribution in [1.29, 1.82) is 0 Å². The average Bonchev–Trinajstić information content (AvgIpc) is 2.97. The zero-order valence-electron chi connectivity index (χ0n) is 9.50. The van der Waals surface area contributed by atoms with Crippen LogP contribution in [0.1, 0.15) is 6.42 Å². The third-order valence-corrected chi connectivity index (χ3v) is 2.82. The minimum Gasteiger partial charge on any atom is -0.338 e. The second kappa shape index (κ2) is 4.10. The molecule has 0 radical (unpaired) electrons. The third-order valence-electron chi connectivity index (χ3n) is 2.82. The highest BCUT2D eigenvalue weighted by molar-refractivity contribution is 6.14. The lowest BCUT2D eigenvalue weighted by molar-refractivity contribution is -0.121. The average molecular weight is 242 g/mol. The summed E-state index contributed by atoms with van der Waals surface area (Å²) in [5.41, 5.74) is 1.56. The van der Waals surface area contributed by atoms with Crippen LogP contribution in [-0.2, 0) is 9.59 Å². The van der Waals surface area contributed by atoms with Crippen LogP contribution in [-0.4, -0.2) is 23.4 Å². The summed E-state index contributed by atoms with van der Waals surface area (Å²) in [6.45, 7) is 0.0717.